The second-order valence-corrected chi connectivity index (χ2v) is 8.00. The standard InChI is InChI=1S/C24H29NO3/c1-27-22-12-11-18(15-23(22)28-21-9-5-6-10-21)20-14-19(24(26)25-16-20)13-17-7-3-2-4-8-17/h2-4,7-8,11-12,15,19-21H,5-6,9-10,13-14,16H2,1H3,(H,25,26)/t19-,20+/m0/s1. The third-order valence-electron chi connectivity index (χ3n) is 6.04. The van der Waals surface area contributed by atoms with Crippen molar-refractivity contribution < 1.29 is 14.3 Å². The van der Waals surface area contributed by atoms with Gasteiger partial charge >= 0.3 is 0 Å². The zero-order chi connectivity index (χ0) is 19.3. The van der Waals surface area contributed by atoms with E-state index in [9.17, 15) is 4.79 Å². The van der Waals surface area contributed by atoms with E-state index in [2.05, 4.69) is 29.6 Å². The van der Waals surface area contributed by atoms with Crippen molar-refractivity contribution in [1.29, 1.82) is 0 Å². The molecule has 1 heterocycles. The number of ether oxygens (including phenoxy) is 2. The van der Waals surface area contributed by atoms with Crippen LogP contribution in [-0.2, 0) is 11.2 Å². The van der Waals surface area contributed by atoms with Crippen LogP contribution in [0.1, 0.15) is 49.1 Å². The number of carbonyl (C=O) groups excluding carboxylic acids is 1. The van der Waals surface area contributed by atoms with Gasteiger partial charge in [-0.2, -0.15) is 0 Å². The summed E-state index contributed by atoms with van der Waals surface area (Å²) < 4.78 is 11.8. The molecule has 1 aliphatic carbocycles. The van der Waals surface area contributed by atoms with Crippen molar-refractivity contribution in [2.45, 2.75) is 50.5 Å². The third kappa shape index (κ3) is 4.32. The highest BCUT2D eigenvalue weighted by molar-refractivity contribution is 5.80. The Bertz CT molecular complexity index is 799. The van der Waals surface area contributed by atoms with E-state index in [1.807, 2.05) is 24.3 Å². The van der Waals surface area contributed by atoms with E-state index in [1.54, 1.807) is 7.11 Å². The molecule has 1 aliphatic heterocycles. The van der Waals surface area contributed by atoms with Gasteiger partial charge in [0.05, 0.1) is 13.2 Å². The number of nitrogens with one attached hydrogen (secondary N) is 1. The maximum Gasteiger partial charge on any atom is 0.223 e. The smallest absolute Gasteiger partial charge is 0.223 e. The molecule has 4 rings (SSSR count). The van der Waals surface area contributed by atoms with E-state index >= 15 is 0 Å². The molecule has 0 radical (unpaired) electrons. The maximum atomic E-state index is 12.4. The van der Waals surface area contributed by atoms with E-state index in [4.69, 9.17) is 9.47 Å². The number of piperidine rings is 1. The van der Waals surface area contributed by atoms with E-state index < -0.39 is 0 Å². The summed E-state index contributed by atoms with van der Waals surface area (Å²) >= 11 is 0. The predicted octanol–water partition coefficient (Wildman–Crippen LogP) is 4.48. The van der Waals surface area contributed by atoms with Gasteiger partial charge in [0.15, 0.2) is 11.5 Å². The second-order valence-electron chi connectivity index (χ2n) is 8.00. The number of hydrogen-bond acceptors (Lipinski definition) is 3. The van der Waals surface area contributed by atoms with E-state index in [0.717, 1.165) is 37.2 Å². The van der Waals surface area contributed by atoms with Gasteiger partial charge in [-0.05, 0) is 61.8 Å². The van der Waals surface area contributed by atoms with Crippen LogP contribution in [0.15, 0.2) is 48.5 Å². The second kappa shape index (κ2) is 8.68. The highest BCUT2D eigenvalue weighted by Crippen LogP contribution is 2.37. The van der Waals surface area contributed by atoms with Crippen molar-refractivity contribution in [2.24, 2.45) is 5.92 Å². The van der Waals surface area contributed by atoms with Crippen LogP contribution in [0, 0.1) is 5.92 Å². The highest BCUT2D eigenvalue weighted by atomic mass is 16.5. The first kappa shape index (κ1) is 18.9. The lowest BCUT2D eigenvalue weighted by Crippen LogP contribution is -2.41. The molecule has 2 aromatic rings. The molecule has 2 fully saturated rings. The van der Waals surface area contributed by atoms with Crippen LogP contribution in [0.25, 0.3) is 0 Å². The molecular formula is C24H29NO3. The van der Waals surface area contributed by atoms with Crippen LogP contribution < -0.4 is 14.8 Å². The summed E-state index contributed by atoms with van der Waals surface area (Å²) in [6.07, 6.45) is 6.64. The van der Waals surface area contributed by atoms with Crippen molar-refractivity contribution in [3.63, 3.8) is 0 Å². The average Bonchev–Trinajstić information content (AvgIpc) is 3.23. The Morgan fingerprint density at radius 2 is 1.82 bits per heavy atom. The molecule has 1 N–H and O–H groups in total. The molecule has 0 aromatic heterocycles. The van der Waals surface area contributed by atoms with E-state index in [0.29, 0.717) is 18.6 Å². The molecule has 1 amide bonds. The molecule has 0 bridgehead atoms. The quantitative estimate of drug-likeness (QED) is 0.805. The minimum absolute atomic E-state index is 0.00227. The Balaban J connectivity index is 1.50. The van der Waals surface area contributed by atoms with Crippen molar-refractivity contribution in [3.05, 3.63) is 59.7 Å². The van der Waals surface area contributed by atoms with Crippen LogP contribution in [0.5, 0.6) is 11.5 Å². The fourth-order valence-corrected chi connectivity index (χ4v) is 4.46. The van der Waals surface area contributed by atoms with Crippen molar-refractivity contribution in [1.82, 2.24) is 5.32 Å². The van der Waals surface area contributed by atoms with Gasteiger partial charge in [-0.1, -0.05) is 36.4 Å². The molecule has 4 heteroatoms. The van der Waals surface area contributed by atoms with Crippen molar-refractivity contribution in [3.8, 4) is 11.5 Å². The van der Waals surface area contributed by atoms with Crippen molar-refractivity contribution in [2.75, 3.05) is 13.7 Å². The summed E-state index contributed by atoms with van der Waals surface area (Å²) in [6.45, 7) is 0.680. The number of amides is 1. The minimum atomic E-state index is 0.00227. The van der Waals surface area contributed by atoms with Gasteiger partial charge in [0.25, 0.3) is 0 Å². The zero-order valence-electron chi connectivity index (χ0n) is 16.5. The number of rotatable bonds is 6. The fraction of sp³-hybridized carbons (Fsp3) is 0.458. The van der Waals surface area contributed by atoms with Gasteiger partial charge in [0.2, 0.25) is 5.91 Å². The van der Waals surface area contributed by atoms with Gasteiger partial charge in [0.1, 0.15) is 0 Å². The van der Waals surface area contributed by atoms with Gasteiger partial charge in [-0.3, -0.25) is 4.79 Å². The molecule has 2 aromatic carbocycles. The van der Waals surface area contributed by atoms with Gasteiger partial charge in [-0.25, -0.2) is 0 Å². The van der Waals surface area contributed by atoms with Gasteiger partial charge < -0.3 is 14.8 Å². The Kier molecular flexibility index (Phi) is 5.84. The lowest BCUT2D eigenvalue weighted by atomic mass is 9.82. The van der Waals surface area contributed by atoms with Crippen LogP contribution in [0.2, 0.25) is 0 Å². The fourth-order valence-electron chi connectivity index (χ4n) is 4.46. The number of benzene rings is 2. The molecule has 1 saturated carbocycles. The average molecular weight is 380 g/mol. The Morgan fingerprint density at radius 3 is 2.57 bits per heavy atom. The van der Waals surface area contributed by atoms with Crippen LogP contribution in [-0.4, -0.2) is 25.7 Å². The molecule has 28 heavy (non-hydrogen) atoms. The molecular weight excluding hydrogens is 350 g/mol. The van der Waals surface area contributed by atoms with Crippen LogP contribution >= 0.6 is 0 Å². The van der Waals surface area contributed by atoms with Gasteiger partial charge in [-0.15, -0.1) is 0 Å². The molecule has 0 spiro atoms. The summed E-state index contributed by atoms with van der Waals surface area (Å²) in [5, 5.41) is 3.11. The Hall–Kier alpha value is -2.49. The lowest BCUT2D eigenvalue weighted by molar-refractivity contribution is -0.126. The van der Waals surface area contributed by atoms with Crippen LogP contribution in [0.4, 0.5) is 0 Å². The molecule has 148 valence electrons. The molecule has 2 atom stereocenters. The monoisotopic (exact) mass is 379 g/mol. The lowest BCUT2D eigenvalue weighted by Gasteiger charge is -2.30. The highest BCUT2D eigenvalue weighted by Gasteiger charge is 2.30. The number of hydrogen-bond donors (Lipinski definition) is 1. The van der Waals surface area contributed by atoms with Crippen LogP contribution in [0.3, 0.4) is 0 Å². The first-order chi connectivity index (χ1) is 13.7. The summed E-state index contributed by atoms with van der Waals surface area (Å²) in [5.74, 6) is 2.08. The number of methoxy groups -OCH3 is 1. The first-order valence-corrected chi connectivity index (χ1v) is 10.4. The molecule has 4 nitrogen and oxygen atoms in total. The topological polar surface area (TPSA) is 47.6 Å². The number of carbonyl (C=O) groups is 1. The summed E-state index contributed by atoms with van der Waals surface area (Å²) in [4.78, 5) is 12.4. The molecule has 2 aliphatic rings. The zero-order valence-corrected chi connectivity index (χ0v) is 16.5. The minimum Gasteiger partial charge on any atom is -0.493 e. The Labute approximate surface area is 167 Å². The normalized spacial score (nSPS) is 22.7. The first-order valence-electron chi connectivity index (χ1n) is 10.4. The SMILES string of the molecule is COc1ccc([C@H]2CNC(=O)[C@@H](Cc3ccccc3)C2)cc1OC1CCCC1. The van der Waals surface area contributed by atoms with Crippen molar-refractivity contribution >= 4 is 5.91 Å². The Morgan fingerprint density at radius 1 is 1.04 bits per heavy atom. The summed E-state index contributed by atoms with van der Waals surface area (Å²) in [5.41, 5.74) is 2.43. The van der Waals surface area contributed by atoms with E-state index in [1.165, 1.54) is 24.0 Å². The molecule has 1 saturated heterocycles. The largest absolute Gasteiger partial charge is 0.493 e. The predicted molar refractivity (Wildman–Crippen MR) is 110 cm³/mol. The summed E-state index contributed by atoms with van der Waals surface area (Å²) in [6, 6.07) is 16.5. The maximum absolute atomic E-state index is 12.4. The molecule has 0 unspecified atom stereocenters. The van der Waals surface area contributed by atoms with Gasteiger partial charge in [0, 0.05) is 18.4 Å². The van der Waals surface area contributed by atoms with E-state index in [-0.39, 0.29) is 11.8 Å². The third-order valence-corrected chi connectivity index (χ3v) is 6.04. The summed E-state index contributed by atoms with van der Waals surface area (Å²) in [7, 11) is 1.69.